The van der Waals surface area contributed by atoms with Crippen LogP contribution in [0.15, 0.2) is 30.5 Å². The molecule has 22 heavy (non-hydrogen) atoms. The first-order chi connectivity index (χ1) is 10.6. The summed E-state index contributed by atoms with van der Waals surface area (Å²) in [4.78, 5) is 11.4. The standard InChI is InChI=1S/C18H24N4/c1-13-8-11-22(12-9-13)17-7-10-19-18(21-17)20-16-6-4-5-14(2)15(16)3/h4-7,10,13H,8-9,11-12H2,1-3H3,(H,19,20,21). The average Bonchev–Trinajstić information content (AvgIpc) is 2.53. The van der Waals surface area contributed by atoms with Crippen LogP contribution in [-0.2, 0) is 0 Å². The first-order valence-corrected chi connectivity index (χ1v) is 8.04. The summed E-state index contributed by atoms with van der Waals surface area (Å²) >= 11 is 0. The van der Waals surface area contributed by atoms with Gasteiger partial charge < -0.3 is 10.2 Å². The van der Waals surface area contributed by atoms with Crippen LogP contribution in [0.25, 0.3) is 0 Å². The molecule has 1 aromatic carbocycles. The zero-order valence-electron chi connectivity index (χ0n) is 13.6. The summed E-state index contributed by atoms with van der Waals surface area (Å²) in [7, 11) is 0. The molecular formula is C18H24N4. The van der Waals surface area contributed by atoms with Gasteiger partial charge in [0.05, 0.1) is 0 Å². The van der Waals surface area contributed by atoms with Crippen molar-refractivity contribution in [3.8, 4) is 0 Å². The van der Waals surface area contributed by atoms with E-state index in [1.807, 2.05) is 12.3 Å². The number of aromatic nitrogens is 2. The average molecular weight is 296 g/mol. The molecule has 0 atom stereocenters. The lowest BCUT2D eigenvalue weighted by molar-refractivity contribution is 0.436. The SMILES string of the molecule is Cc1cccc(Nc2nccc(N3CCC(C)CC3)n2)c1C. The molecule has 0 radical (unpaired) electrons. The van der Waals surface area contributed by atoms with Gasteiger partial charge in [-0.1, -0.05) is 19.1 Å². The van der Waals surface area contributed by atoms with E-state index in [4.69, 9.17) is 4.98 Å². The third-order valence-corrected chi connectivity index (χ3v) is 4.60. The summed E-state index contributed by atoms with van der Waals surface area (Å²) in [6.45, 7) is 8.73. The smallest absolute Gasteiger partial charge is 0.229 e. The van der Waals surface area contributed by atoms with Gasteiger partial charge in [0.1, 0.15) is 5.82 Å². The van der Waals surface area contributed by atoms with Crippen LogP contribution in [0.5, 0.6) is 0 Å². The quantitative estimate of drug-likeness (QED) is 0.927. The lowest BCUT2D eigenvalue weighted by atomic mass is 9.99. The maximum atomic E-state index is 4.69. The van der Waals surface area contributed by atoms with Crippen molar-refractivity contribution in [1.82, 2.24) is 9.97 Å². The molecule has 0 amide bonds. The van der Waals surface area contributed by atoms with Gasteiger partial charge in [0.2, 0.25) is 5.95 Å². The highest BCUT2D eigenvalue weighted by Gasteiger charge is 2.17. The molecule has 3 rings (SSSR count). The van der Waals surface area contributed by atoms with Crippen molar-refractivity contribution in [2.45, 2.75) is 33.6 Å². The Bertz CT molecular complexity index is 645. The first-order valence-electron chi connectivity index (χ1n) is 8.04. The van der Waals surface area contributed by atoms with Crippen molar-refractivity contribution in [2.24, 2.45) is 5.92 Å². The molecule has 1 fully saturated rings. The van der Waals surface area contributed by atoms with Gasteiger partial charge in [0.15, 0.2) is 0 Å². The Morgan fingerprint density at radius 1 is 1.14 bits per heavy atom. The van der Waals surface area contributed by atoms with Crippen molar-refractivity contribution in [3.05, 3.63) is 41.6 Å². The van der Waals surface area contributed by atoms with Crippen molar-refractivity contribution in [2.75, 3.05) is 23.3 Å². The van der Waals surface area contributed by atoms with Gasteiger partial charge in [-0.25, -0.2) is 4.98 Å². The monoisotopic (exact) mass is 296 g/mol. The molecule has 2 aromatic rings. The van der Waals surface area contributed by atoms with E-state index in [-0.39, 0.29) is 0 Å². The van der Waals surface area contributed by atoms with Crippen molar-refractivity contribution >= 4 is 17.5 Å². The van der Waals surface area contributed by atoms with E-state index in [9.17, 15) is 0 Å². The molecule has 1 saturated heterocycles. The number of rotatable bonds is 3. The Labute approximate surface area is 132 Å². The van der Waals surface area contributed by atoms with Gasteiger partial charge >= 0.3 is 0 Å². The molecule has 1 N–H and O–H groups in total. The number of anilines is 3. The summed E-state index contributed by atoms with van der Waals surface area (Å²) in [5.41, 5.74) is 3.58. The van der Waals surface area contributed by atoms with Crippen LogP contribution in [0.4, 0.5) is 17.5 Å². The minimum absolute atomic E-state index is 0.671. The minimum atomic E-state index is 0.671. The molecule has 0 saturated carbocycles. The lowest BCUT2D eigenvalue weighted by Crippen LogP contribution is -2.33. The summed E-state index contributed by atoms with van der Waals surface area (Å²) in [6, 6.07) is 8.25. The first kappa shape index (κ1) is 14.8. The zero-order valence-corrected chi connectivity index (χ0v) is 13.6. The van der Waals surface area contributed by atoms with Crippen molar-refractivity contribution in [3.63, 3.8) is 0 Å². The number of nitrogens with zero attached hydrogens (tertiary/aromatic N) is 3. The molecule has 4 nitrogen and oxygen atoms in total. The molecule has 0 bridgehead atoms. The van der Waals surface area contributed by atoms with Crippen LogP contribution in [-0.4, -0.2) is 23.1 Å². The normalized spacial score (nSPS) is 15.9. The second-order valence-electron chi connectivity index (χ2n) is 6.28. The maximum absolute atomic E-state index is 4.69. The summed E-state index contributed by atoms with van der Waals surface area (Å²) in [6.07, 6.45) is 4.32. The van der Waals surface area contributed by atoms with E-state index < -0.39 is 0 Å². The Morgan fingerprint density at radius 2 is 1.91 bits per heavy atom. The van der Waals surface area contributed by atoms with E-state index in [0.717, 1.165) is 30.5 Å². The van der Waals surface area contributed by atoms with E-state index in [1.165, 1.54) is 24.0 Å². The molecule has 0 spiro atoms. The van der Waals surface area contributed by atoms with Crippen LogP contribution < -0.4 is 10.2 Å². The highest BCUT2D eigenvalue weighted by atomic mass is 15.2. The molecule has 4 heteroatoms. The zero-order chi connectivity index (χ0) is 15.5. The van der Waals surface area contributed by atoms with Gasteiger partial charge in [0.25, 0.3) is 0 Å². The number of hydrogen-bond acceptors (Lipinski definition) is 4. The van der Waals surface area contributed by atoms with Gasteiger partial charge in [-0.3, -0.25) is 0 Å². The fourth-order valence-corrected chi connectivity index (χ4v) is 2.83. The van der Waals surface area contributed by atoms with Gasteiger partial charge in [-0.15, -0.1) is 0 Å². The Balaban J connectivity index is 1.78. The molecule has 116 valence electrons. The lowest BCUT2D eigenvalue weighted by Gasteiger charge is -2.31. The highest BCUT2D eigenvalue weighted by molar-refractivity contribution is 5.61. The van der Waals surface area contributed by atoms with Gasteiger partial charge in [-0.2, -0.15) is 4.98 Å². The highest BCUT2D eigenvalue weighted by Crippen LogP contribution is 2.24. The topological polar surface area (TPSA) is 41.1 Å². The fraction of sp³-hybridized carbons (Fsp3) is 0.444. The van der Waals surface area contributed by atoms with Gasteiger partial charge in [-0.05, 0) is 55.9 Å². The molecule has 1 aromatic heterocycles. The third-order valence-electron chi connectivity index (χ3n) is 4.60. The number of piperidine rings is 1. The molecule has 2 heterocycles. The molecule has 1 aliphatic heterocycles. The molecule has 0 unspecified atom stereocenters. The summed E-state index contributed by atoms with van der Waals surface area (Å²) < 4.78 is 0. The van der Waals surface area contributed by atoms with Crippen molar-refractivity contribution in [1.29, 1.82) is 0 Å². The van der Waals surface area contributed by atoms with Crippen LogP contribution >= 0.6 is 0 Å². The second-order valence-corrected chi connectivity index (χ2v) is 6.28. The van der Waals surface area contributed by atoms with Gasteiger partial charge in [0, 0.05) is 25.0 Å². The number of aryl methyl sites for hydroxylation is 1. The number of benzene rings is 1. The molecule has 1 aliphatic rings. The number of hydrogen-bond donors (Lipinski definition) is 1. The Kier molecular flexibility index (Phi) is 4.27. The predicted molar refractivity (Wildman–Crippen MR) is 91.8 cm³/mol. The van der Waals surface area contributed by atoms with E-state index in [2.05, 4.69) is 54.2 Å². The number of nitrogens with one attached hydrogen (secondary N) is 1. The largest absolute Gasteiger partial charge is 0.356 e. The molecular weight excluding hydrogens is 272 g/mol. The predicted octanol–water partition coefficient (Wildman–Crippen LogP) is 4.07. The van der Waals surface area contributed by atoms with Crippen LogP contribution in [0.2, 0.25) is 0 Å². The van der Waals surface area contributed by atoms with E-state index in [0.29, 0.717) is 5.95 Å². The Hall–Kier alpha value is -2.10. The fourth-order valence-electron chi connectivity index (χ4n) is 2.83. The summed E-state index contributed by atoms with van der Waals surface area (Å²) in [5, 5.41) is 3.35. The third kappa shape index (κ3) is 3.21. The second kappa shape index (κ2) is 6.34. The van der Waals surface area contributed by atoms with Crippen LogP contribution in [0, 0.1) is 19.8 Å². The van der Waals surface area contributed by atoms with E-state index >= 15 is 0 Å². The maximum Gasteiger partial charge on any atom is 0.229 e. The molecule has 0 aliphatic carbocycles. The summed E-state index contributed by atoms with van der Waals surface area (Å²) in [5.74, 6) is 2.52. The van der Waals surface area contributed by atoms with E-state index in [1.54, 1.807) is 0 Å². The Morgan fingerprint density at radius 3 is 2.68 bits per heavy atom. The van der Waals surface area contributed by atoms with Crippen LogP contribution in [0.3, 0.4) is 0 Å². The van der Waals surface area contributed by atoms with Crippen LogP contribution in [0.1, 0.15) is 30.9 Å². The van der Waals surface area contributed by atoms with Crippen molar-refractivity contribution < 1.29 is 0 Å². The minimum Gasteiger partial charge on any atom is -0.356 e.